The van der Waals surface area contributed by atoms with Gasteiger partial charge in [-0.2, -0.15) is 0 Å². The van der Waals surface area contributed by atoms with E-state index in [2.05, 4.69) is 0 Å². The van der Waals surface area contributed by atoms with Crippen molar-refractivity contribution in [3.05, 3.63) is 29.1 Å². The Kier molecular flexibility index (Phi) is 3.08. The Labute approximate surface area is 82.0 Å². The van der Waals surface area contributed by atoms with Crippen LogP contribution in [0.5, 0.6) is 5.75 Å². The van der Waals surface area contributed by atoms with E-state index in [-0.39, 0.29) is 5.56 Å². The zero-order chi connectivity index (χ0) is 10.9. The summed E-state index contributed by atoms with van der Waals surface area (Å²) in [7, 11) is 0. The van der Waals surface area contributed by atoms with Crippen LogP contribution in [0.15, 0.2) is 12.1 Å². The van der Waals surface area contributed by atoms with E-state index >= 15 is 0 Å². The van der Waals surface area contributed by atoms with Gasteiger partial charge in [0.25, 0.3) is 0 Å². The molecule has 0 heterocycles. The van der Waals surface area contributed by atoms with Crippen LogP contribution in [0.2, 0.25) is 0 Å². The Hall–Kier alpha value is -1.13. The third kappa shape index (κ3) is 2.02. The molecule has 0 aliphatic carbocycles. The average molecular weight is 199 g/mol. The van der Waals surface area contributed by atoms with E-state index in [1.54, 1.807) is 13.8 Å². The number of aromatic hydroxyl groups is 1. The molecular formula is C10H14FNO2. The van der Waals surface area contributed by atoms with E-state index in [0.717, 1.165) is 0 Å². The molecule has 3 nitrogen and oxygen atoms in total. The summed E-state index contributed by atoms with van der Waals surface area (Å²) in [5, 5.41) is 18.9. The number of hydrogen-bond acceptors (Lipinski definition) is 3. The smallest absolute Gasteiger partial charge is 0.165 e. The number of halogens is 1. The molecule has 4 N–H and O–H groups in total. The van der Waals surface area contributed by atoms with Gasteiger partial charge in [0.05, 0.1) is 6.10 Å². The first kappa shape index (κ1) is 10.9. The van der Waals surface area contributed by atoms with Gasteiger partial charge in [-0.15, -0.1) is 0 Å². The molecule has 0 aliphatic rings. The van der Waals surface area contributed by atoms with Gasteiger partial charge < -0.3 is 15.9 Å². The molecule has 2 atom stereocenters. The lowest BCUT2D eigenvalue weighted by molar-refractivity contribution is 0.149. The molecule has 78 valence electrons. The van der Waals surface area contributed by atoms with Crippen molar-refractivity contribution in [1.29, 1.82) is 0 Å². The van der Waals surface area contributed by atoms with E-state index in [0.29, 0.717) is 5.56 Å². The highest BCUT2D eigenvalue weighted by molar-refractivity contribution is 5.39. The van der Waals surface area contributed by atoms with Gasteiger partial charge in [0, 0.05) is 11.6 Å². The van der Waals surface area contributed by atoms with Crippen LogP contribution < -0.4 is 5.73 Å². The highest BCUT2D eigenvalue weighted by atomic mass is 19.1. The van der Waals surface area contributed by atoms with Crippen LogP contribution in [0.25, 0.3) is 0 Å². The van der Waals surface area contributed by atoms with Crippen molar-refractivity contribution < 1.29 is 14.6 Å². The molecule has 2 unspecified atom stereocenters. The molecule has 0 saturated heterocycles. The quantitative estimate of drug-likeness (QED) is 0.671. The first-order valence-corrected chi connectivity index (χ1v) is 4.36. The van der Waals surface area contributed by atoms with Crippen LogP contribution in [0.4, 0.5) is 4.39 Å². The fourth-order valence-electron chi connectivity index (χ4n) is 1.27. The van der Waals surface area contributed by atoms with E-state index < -0.39 is 23.7 Å². The number of aliphatic hydroxyl groups is 1. The monoisotopic (exact) mass is 199 g/mol. The number of phenols is 1. The number of rotatable bonds is 2. The van der Waals surface area contributed by atoms with E-state index in [9.17, 15) is 14.6 Å². The van der Waals surface area contributed by atoms with Crippen molar-refractivity contribution in [1.82, 2.24) is 0 Å². The first-order valence-electron chi connectivity index (χ1n) is 4.36. The van der Waals surface area contributed by atoms with E-state index in [1.165, 1.54) is 12.1 Å². The zero-order valence-electron chi connectivity index (χ0n) is 8.16. The second-order valence-corrected chi connectivity index (χ2v) is 3.49. The summed E-state index contributed by atoms with van der Waals surface area (Å²) < 4.78 is 13.1. The fraction of sp³-hybridized carbons (Fsp3) is 0.400. The predicted octanol–water partition coefficient (Wildman–Crippen LogP) is 1.22. The van der Waals surface area contributed by atoms with Gasteiger partial charge in [0.1, 0.15) is 0 Å². The molecule has 0 aromatic heterocycles. The highest BCUT2D eigenvalue weighted by Crippen LogP contribution is 2.29. The minimum Gasteiger partial charge on any atom is -0.505 e. The van der Waals surface area contributed by atoms with Crippen molar-refractivity contribution in [2.75, 3.05) is 0 Å². The number of aryl methyl sites for hydroxylation is 1. The molecule has 0 radical (unpaired) electrons. The van der Waals surface area contributed by atoms with Crippen molar-refractivity contribution in [2.45, 2.75) is 26.0 Å². The van der Waals surface area contributed by atoms with Gasteiger partial charge in [-0.3, -0.25) is 0 Å². The van der Waals surface area contributed by atoms with Gasteiger partial charge in [0.15, 0.2) is 11.6 Å². The lowest BCUT2D eigenvalue weighted by atomic mass is 10.0. The summed E-state index contributed by atoms with van der Waals surface area (Å²) in [6.07, 6.45) is -1.05. The predicted molar refractivity (Wildman–Crippen MR) is 51.4 cm³/mol. The molecule has 0 amide bonds. The topological polar surface area (TPSA) is 66.5 Å². The van der Waals surface area contributed by atoms with Gasteiger partial charge in [-0.25, -0.2) is 4.39 Å². The number of benzene rings is 1. The average Bonchev–Trinajstić information content (AvgIpc) is 2.09. The van der Waals surface area contributed by atoms with E-state index in [1.807, 2.05) is 0 Å². The molecule has 0 spiro atoms. The van der Waals surface area contributed by atoms with E-state index in [4.69, 9.17) is 5.73 Å². The van der Waals surface area contributed by atoms with Crippen LogP contribution in [-0.2, 0) is 0 Å². The van der Waals surface area contributed by atoms with Crippen LogP contribution in [0, 0.1) is 12.7 Å². The molecule has 1 aromatic carbocycles. The van der Waals surface area contributed by atoms with Gasteiger partial charge >= 0.3 is 0 Å². The highest BCUT2D eigenvalue weighted by Gasteiger charge is 2.19. The maximum absolute atomic E-state index is 13.1. The molecule has 0 saturated carbocycles. The van der Waals surface area contributed by atoms with Crippen molar-refractivity contribution >= 4 is 0 Å². The molecular weight excluding hydrogens is 185 g/mol. The summed E-state index contributed by atoms with van der Waals surface area (Å²) in [6.45, 7) is 3.27. The second kappa shape index (κ2) is 3.94. The summed E-state index contributed by atoms with van der Waals surface area (Å²) >= 11 is 0. The van der Waals surface area contributed by atoms with Crippen LogP contribution in [0.3, 0.4) is 0 Å². The Morgan fingerprint density at radius 3 is 2.50 bits per heavy atom. The molecule has 0 fully saturated rings. The normalized spacial score (nSPS) is 15.2. The van der Waals surface area contributed by atoms with Crippen molar-refractivity contribution in [2.24, 2.45) is 5.73 Å². The summed E-state index contributed by atoms with van der Waals surface area (Å²) in [6, 6.07) is 2.17. The second-order valence-electron chi connectivity index (χ2n) is 3.49. The Morgan fingerprint density at radius 1 is 1.43 bits per heavy atom. The van der Waals surface area contributed by atoms with Gasteiger partial charge in [0.2, 0.25) is 0 Å². The Balaban J connectivity index is 3.20. The Bertz CT molecular complexity index is 339. The number of phenolic OH excluding ortho intramolecular Hbond substituents is 1. The SMILES string of the molecule is Cc1cc(F)c(O)c(C(O)C(C)N)c1. The maximum Gasteiger partial charge on any atom is 0.165 e. The van der Waals surface area contributed by atoms with Crippen LogP contribution in [0.1, 0.15) is 24.2 Å². The standard InChI is InChI=1S/C10H14FNO2/c1-5-3-7(9(13)6(2)12)10(14)8(11)4-5/h3-4,6,9,13-14H,12H2,1-2H3. The molecule has 1 rings (SSSR count). The number of aliphatic hydroxyl groups excluding tert-OH is 1. The molecule has 14 heavy (non-hydrogen) atoms. The lowest BCUT2D eigenvalue weighted by Crippen LogP contribution is -2.24. The molecule has 1 aromatic rings. The Morgan fingerprint density at radius 2 is 2.00 bits per heavy atom. The third-order valence-corrected chi connectivity index (χ3v) is 2.05. The fourth-order valence-corrected chi connectivity index (χ4v) is 1.27. The molecule has 0 bridgehead atoms. The maximum atomic E-state index is 13.1. The van der Waals surface area contributed by atoms with Crippen LogP contribution in [-0.4, -0.2) is 16.3 Å². The van der Waals surface area contributed by atoms with Crippen molar-refractivity contribution in [3.63, 3.8) is 0 Å². The minimum atomic E-state index is -1.05. The number of hydrogen-bond donors (Lipinski definition) is 3. The lowest BCUT2D eigenvalue weighted by Gasteiger charge is -2.16. The summed E-state index contributed by atoms with van der Waals surface area (Å²) in [4.78, 5) is 0. The largest absolute Gasteiger partial charge is 0.505 e. The first-order chi connectivity index (χ1) is 6.43. The van der Waals surface area contributed by atoms with Crippen molar-refractivity contribution in [3.8, 4) is 5.75 Å². The molecule has 4 heteroatoms. The minimum absolute atomic E-state index is 0.137. The zero-order valence-corrected chi connectivity index (χ0v) is 8.16. The van der Waals surface area contributed by atoms with Crippen LogP contribution >= 0.6 is 0 Å². The number of nitrogens with two attached hydrogens (primary N) is 1. The van der Waals surface area contributed by atoms with Gasteiger partial charge in [-0.05, 0) is 31.5 Å². The summed E-state index contributed by atoms with van der Waals surface area (Å²) in [5.74, 6) is -1.26. The molecule has 0 aliphatic heterocycles. The third-order valence-electron chi connectivity index (χ3n) is 2.05. The van der Waals surface area contributed by atoms with Gasteiger partial charge in [-0.1, -0.05) is 0 Å². The summed E-state index contributed by atoms with van der Waals surface area (Å²) in [5.41, 5.74) is 6.22.